The number of unbranched alkanes of at least 4 members (excludes halogenated alkanes) is 1. The van der Waals surface area contributed by atoms with E-state index in [0.29, 0.717) is 17.8 Å². The molecule has 0 atom stereocenters. The molecule has 0 N–H and O–H groups in total. The Balaban J connectivity index is 1.63. The molecule has 0 bridgehead atoms. The first kappa shape index (κ1) is 21.3. The van der Waals surface area contributed by atoms with Crippen LogP contribution >= 0.6 is 0 Å². The highest BCUT2D eigenvalue weighted by atomic mass is 16.1. The van der Waals surface area contributed by atoms with E-state index in [1.165, 1.54) is 0 Å². The maximum absolute atomic E-state index is 11.5. The van der Waals surface area contributed by atoms with Crippen LogP contribution in [0, 0.1) is 11.3 Å². The molecule has 4 nitrogen and oxygen atoms in total. The van der Waals surface area contributed by atoms with Gasteiger partial charge < -0.3 is 4.57 Å². The van der Waals surface area contributed by atoms with Gasteiger partial charge in [-0.05, 0) is 40.8 Å². The van der Waals surface area contributed by atoms with Crippen LogP contribution in [0.2, 0.25) is 0 Å². The Morgan fingerprint density at radius 2 is 1.72 bits per heavy atom. The van der Waals surface area contributed by atoms with Gasteiger partial charge in [-0.15, -0.1) is 0 Å². The lowest BCUT2D eigenvalue weighted by atomic mass is 9.94. The van der Waals surface area contributed by atoms with Crippen molar-refractivity contribution in [3.8, 4) is 28.3 Å². The van der Waals surface area contributed by atoms with Gasteiger partial charge in [-0.1, -0.05) is 74.0 Å². The van der Waals surface area contributed by atoms with Crippen LogP contribution in [0.25, 0.3) is 22.3 Å². The van der Waals surface area contributed by atoms with E-state index >= 15 is 0 Å². The van der Waals surface area contributed by atoms with Gasteiger partial charge in [-0.2, -0.15) is 5.26 Å². The second-order valence-electron chi connectivity index (χ2n) is 7.84. The van der Waals surface area contributed by atoms with E-state index in [4.69, 9.17) is 0 Å². The van der Waals surface area contributed by atoms with E-state index in [9.17, 15) is 10.1 Å². The van der Waals surface area contributed by atoms with Gasteiger partial charge in [0.2, 0.25) is 0 Å². The van der Waals surface area contributed by atoms with Crippen molar-refractivity contribution >= 4 is 6.29 Å². The molecule has 0 saturated carbocycles. The monoisotopic (exact) mass is 419 g/mol. The lowest BCUT2D eigenvalue weighted by Crippen LogP contribution is -2.08. The topological polar surface area (TPSA) is 58.7 Å². The van der Waals surface area contributed by atoms with E-state index in [2.05, 4.69) is 48.3 Å². The fourth-order valence-corrected chi connectivity index (χ4v) is 3.90. The Hall–Kier alpha value is -3.97. The summed E-state index contributed by atoms with van der Waals surface area (Å²) in [5.74, 6) is 0.945. The SMILES string of the molecule is CCCCc1ncc(C=O)n1Cc1ccc(-c2cc(-c3ccccc3)ccc2C#N)cc1. The van der Waals surface area contributed by atoms with Crippen molar-refractivity contribution in [1.82, 2.24) is 9.55 Å². The summed E-state index contributed by atoms with van der Waals surface area (Å²) >= 11 is 0. The van der Waals surface area contributed by atoms with Crippen molar-refractivity contribution < 1.29 is 4.79 Å². The summed E-state index contributed by atoms with van der Waals surface area (Å²) in [7, 11) is 0. The van der Waals surface area contributed by atoms with Gasteiger partial charge in [0.1, 0.15) is 11.5 Å². The number of benzene rings is 3. The van der Waals surface area contributed by atoms with E-state index in [1.807, 2.05) is 47.0 Å². The standard InChI is InChI=1S/C28H25N3O/c1-2-3-9-28-30-18-26(20-32)31(28)19-21-10-12-23(13-11-21)27-16-24(14-15-25(27)17-29)22-7-5-4-6-8-22/h4-8,10-16,18,20H,2-3,9,19H2,1H3. The van der Waals surface area contributed by atoms with Crippen molar-refractivity contribution in [1.29, 1.82) is 5.26 Å². The number of imidazole rings is 1. The van der Waals surface area contributed by atoms with Gasteiger partial charge in [0.15, 0.2) is 6.29 Å². The van der Waals surface area contributed by atoms with Gasteiger partial charge in [0.25, 0.3) is 0 Å². The fraction of sp³-hybridized carbons (Fsp3) is 0.179. The number of aldehydes is 1. The first-order valence-electron chi connectivity index (χ1n) is 10.9. The molecule has 0 radical (unpaired) electrons. The van der Waals surface area contributed by atoms with E-state index in [-0.39, 0.29) is 0 Å². The Labute approximate surface area is 188 Å². The molecule has 1 heterocycles. The van der Waals surface area contributed by atoms with Crippen molar-refractivity contribution in [2.75, 3.05) is 0 Å². The highest BCUT2D eigenvalue weighted by Gasteiger charge is 2.11. The number of carbonyl (C=O) groups is 1. The summed E-state index contributed by atoms with van der Waals surface area (Å²) in [5, 5.41) is 9.63. The largest absolute Gasteiger partial charge is 0.321 e. The minimum absolute atomic E-state index is 0.600. The number of aryl methyl sites for hydroxylation is 1. The molecule has 4 rings (SSSR count). The summed E-state index contributed by atoms with van der Waals surface area (Å²) < 4.78 is 1.99. The van der Waals surface area contributed by atoms with Crippen molar-refractivity contribution in [3.63, 3.8) is 0 Å². The third-order valence-electron chi connectivity index (χ3n) is 5.70. The Morgan fingerprint density at radius 1 is 0.969 bits per heavy atom. The summed E-state index contributed by atoms with van der Waals surface area (Å²) in [6.45, 7) is 2.75. The van der Waals surface area contributed by atoms with E-state index < -0.39 is 0 Å². The van der Waals surface area contributed by atoms with Crippen molar-refractivity contribution in [2.24, 2.45) is 0 Å². The quantitative estimate of drug-likeness (QED) is 0.315. The molecule has 4 heteroatoms. The number of rotatable bonds is 8. The number of hydrogen-bond donors (Lipinski definition) is 0. The molecule has 32 heavy (non-hydrogen) atoms. The number of aromatic nitrogens is 2. The number of carbonyl (C=O) groups excluding carboxylic acids is 1. The predicted molar refractivity (Wildman–Crippen MR) is 127 cm³/mol. The molecule has 0 fully saturated rings. The van der Waals surface area contributed by atoms with Gasteiger partial charge in [0.05, 0.1) is 17.8 Å². The Kier molecular flexibility index (Phi) is 6.57. The third kappa shape index (κ3) is 4.53. The lowest BCUT2D eigenvalue weighted by molar-refractivity contribution is 0.111. The summed E-state index contributed by atoms with van der Waals surface area (Å²) in [4.78, 5) is 15.9. The van der Waals surface area contributed by atoms with Crippen LogP contribution in [0.5, 0.6) is 0 Å². The first-order valence-corrected chi connectivity index (χ1v) is 10.9. The summed E-state index contributed by atoms with van der Waals surface area (Å²) in [5.41, 5.74) is 6.45. The number of nitriles is 1. The van der Waals surface area contributed by atoms with Crippen LogP contribution in [0.3, 0.4) is 0 Å². The Morgan fingerprint density at radius 3 is 2.41 bits per heavy atom. The maximum Gasteiger partial charge on any atom is 0.168 e. The van der Waals surface area contributed by atoms with Crippen LogP contribution < -0.4 is 0 Å². The van der Waals surface area contributed by atoms with Gasteiger partial charge in [0, 0.05) is 18.5 Å². The van der Waals surface area contributed by atoms with Crippen molar-refractivity contribution in [3.05, 3.63) is 102 Å². The van der Waals surface area contributed by atoms with Crippen LogP contribution in [0.15, 0.2) is 79.0 Å². The van der Waals surface area contributed by atoms with Crippen molar-refractivity contribution in [2.45, 2.75) is 32.7 Å². The zero-order chi connectivity index (χ0) is 22.3. The zero-order valence-electron chi connectivity index (χ0n) is 18.2. The van der Waals surface area contributed by atoms with Crippen LogP contribution in [0.4, 0.5) is 0 Å². The molecular weight excluding hydrogens is 394 g/mol. The molecule has 0 aliphatic carbocycles. The molecule has 0 unspecified atom stereocenters. The lowest BCUT2D eigenvalue weighted by Gasteiger charge is -2.12. The third-order valence-corrected chi connectivity index (χ3v) is 5.70. The molecule has 1 aromatic heterocycles. The molecule has 3 aromatic carbocycles. The normalized spacial score (nSPS) is 10.6. The van der Waals surface area contributed by atoms with Crippen LogP contribution in [-0.4, -0.2) is 15.8 Å². The van der Waals surface area contributed by atoms with E-state index in [0.717, 1.165) is 59.2 Å². The molecule has 0 aliphatic rings. The molecule has 0 aliphatic heterocycles. The van der Waals surface area contributed by atoms with Crippen LogP contribution in [-0.2, 0) is 13.0 Å². The minimum atomic E-state index is 0.600. The van der Waals surface area contributed by atoms with Gasteiger partial charge >= 0.3 is 0 Å². The van der Waals surface area contributed by atoms with Gasteiger partial charge in [-0.25, -0.2) is 4.98 Å². The second kappa shape index (κ2) is 9.89. The second-order valence-corrected chi connectivity index (χ2v) is 7.84. The zero-order valence-corrected chi connectivity index (χ0v) is 18.2. The first-order chi connectivity index (χ1) is 15.7. The average Bonchev–Trinajstić information content (AvgIpc) is 3.24. The van der Waals surface area contributed by atoms with E-state index in [1.54, 1.807) is 6.20 Å². The molecule has 0 spiro atoms. The maximum atomic E-state index is 11.5. The highest BCUT2D eigenvalue weighted by Crippen LogP contribution is 2.30. The average molecular weight is 420 g/mol. The molecule has 0 saturated heterocycles. The predicted octanol–water partition coefficient (Wildman–Crippen LogP) is 6.29. The molecule has 4 aromatic rings. The Bertz CT molecular complexity index is 1250. The minimum Gasteiger partial charge on any atom is -0.321 e. The summed E-state index contributed by atoms with van der Waals surface area (Å²) in [6.07, 6.45) is 5.51. The van der Waals surface area contributed by atoms with Gasteiger partial charge in [-0.3, -0.25) is 4.79 Å². The van der Waals surface area contributed by atoms with Crippen LogP contribution in [0.1, 0.15) is 47.2 Å². The highest BCUT2D eigenvalue weighted by molar-refractivity contribution is 5.77. The fourth-order valence-electron chi connectivity index (χ4n) is 3.90. The number of nitrogens with zero attached hydrogens (tertiary/aromatic N) is 3. The molecule has 0 amide bonds. The molecular formula is C28H25N3O. The molecule has 158 valence electrons. The number of hydrogen-bond acceptors (Lipinski definition) is 3. The summed E-state index contributed by atoms with van der Waals surface area (Å²) in [6, 6.07) is 26.6. The smallest absolute Gasteiger partial charge is 0.168 e.